The minimum absolute atomic E-state index is 0. The molecule has 0 aromatic heterocycles. The van der Waals surface area contributed by atoms with E-state index in [0.717, 1.165) is 0 Å². The standard InChI is InChI=1S/C8H6O4.C3H6O.K/c9-7(10)5-3-1-2-4-6(5)8(11)12;1-3(2)4;/h1-4H,(H,9,10)(H,11,12);1-2H3;/q;;+1/p-1. The first kappa shape index (κ1) is 18.8. The Morgan fingerprint density at radius 2 is 1.41 bits per heavy atom. The average Bonchev–Trinajstić information content (AvgIpc) is 2.16. The normalized spacial score (nSPS) is 8.12. The molecule has 0 bridgehead atoms. The molecular formula is C11H11KO5. The van der Waals surface area contributed by atoms with Crippen LogP contribution in [0.25, 0.3) is 0 Å². The zero-order valence-electron chi connectivity index (χ0n) is 9.89. The van der Waals surface area contributed by atoms with Gasteiger partial charge in [0.25, 0.3) is 0 Å². The third-order valence-corrected chi connectivity index (χ3v) is 1.38. The summed E-state index contributed by atoms with van der Waals surface area (Å²) in [7, 11) is 0. The summed E-state index contributed by atoms with van der Waals surface area (Å²) < 4.78 is 0. The molecule has 1 rings (SSSR count). The van der Waals surface area contributed by atoms with Gasteiger partial charge in [-0.25, -0.2) is 4.79 Å². The van der Waals surface area contributed by atoms with Crippen LogP contribution < -0.4 is 56.5 Å². The van der Waals surface area contributed by atoms with Crippen LogP contribution in [0.1, 0.15) is 34.6 Å². The largest absolute Gasteiger partial charge is 1.00 e. The summed E-state index contributed by atoms with van der Waals surface area (Å²) in [6.45, 7) is 3.06. The van der Waals surface area contributed by atoms with Gasteiger partial charge in [0.2, 0.25) is 0 Å². The van der Waals surface area contributed by atoms with Crippen molar-refractivity contribution in [1.82, 2.24) is 0 Å². The number of carbonyl (C=O) groups is 3. The number of aromatic carboxylic acids is 2. The molecule has 1 N–H and O–H groups in total. The maximum atomic E-state index is 10.4. The van der Waals surface area contributed by atoms with Gasteiger partial charge in [0, 0.05) is 5.56 Å². The molecule has 0 fully saturated rings. The van der Waals surface area contributed by atoms with Crippen molar-refractivity contribution in [2.75, 3.05) is 0 Å². The second-order valence-corrected chi connectivity index (χ2v) is 3.05. The van der Waals surface area contributed by atoms with Crippen LogP contribution in [0.3, 0.4) is 0 Å². The first-order valence-electron chi connectivity index (χ1n) is 4.37. The molecule has 1 aromatic carbocycles. The number of hydrogen-bond donors (Lipinski definition) is 1. The van der Waals surface area contributed by atoms with Crippen molar-refractivity contribution in [2.24, 2.45) is 0 Å². The van der Waals surface area contributed by atoms with Crippen molar-refractivity contribution >= 4 is 17.7 Å². The first-order chi connectivity index (χ1) is 7.36. The van der Waals surface area contributed by atoms with Crippen LogP contribution in [0.15, 0.2) is 24.3 Å². The molecule has 5 nitrogen and oxygen atoms in total. The van der Waals surface area contributed by atoms with Crippen molar-refractivity contribution in [3.05, 3.63) is 35.4 Å². The van der Waals surface area contributed by atoms with Crippen molar-refractivity contribution in [1.29, 1.82) is 0 Å². The number of benzene rings is 1. The summed E-state index contributed by atoms with van der Waals surface area (Å²) >= 11 is 0. The minimum atomic E-state index is -1.48. The maximum Gasteiger partial charge on any atom is 1.00 e. The second kappa shape index (κ2) is 9.49. The molecule has 0 radical (unpaired) electrons. The van der Waals surface area contributed by atoms with Crippen LogP contribution in [0.5, 0.6) is 0 Å². The van der Waals surface area contributed by atoms with Gasteiger partial charge in [-0.15, -0.1) is 0 Å². The molecular weight excluding hydrogens is 251 g/mol. The summed E-state index contributed by atoms with van der Waals surface area (Å²) in [5.74, 6) is -2.58. The quantitative estimate of drug-likeness (QED) is 0.587. The van der Waals surface area contributed by atoms with Crippen LogP contribution in [0, 0.1) is 0 Å². The van der Waals surface area contributed by atoms with Crippen molar-refractivity contribution in [2.45, 2.75) is 13.8 Å². The third kappa shape index (κ3) is 8.22. The van der Waals surface area contributed by atoms with Crippen LogP contribution in [0.2, 0.25) is 0 Å². The number of carboxylic acid groups (broad SMARTS) is 2. The first-order valence-corrected chi connectivity index (χ1v) is 4.37. The Balaban J connectivity index is 0. The fraction of sp³-hybridized carbons (Fsp3) is 0.182. The molecule has 0 heterocycles. The zero-order valence-corrected chi connectivity index (χ0v) is 13.0. The molecule has 0 aliphatic rings. The predicted octanol–water partition coefficient (Wildman–Crippen LogP) is -2.65. The summed E-state index contributed by atoms with van der Waals surface area (Å²) in [6.07, 6.45) is 0. The van der Waals surface area contributed by atoms with Gasteiger partial charge in [-0.05, 0) is 19.9 Å². The molecule has 17 heavy (non-hydrogen) atoms. The van der Waals surface area contributed by atoms with Crippen LogP contribution in [-0.2, 0) is 4.79 Å². The number of Topliss-reactive ketones (excluding diaryl/α,β-unsaturated/α-hetero) is 1. The second-order valence-electron chi connectivity index (χ2n) is 3.05. The van der Waals surface area contributed by atoms with Gasteiger partial charge >= 0.3 is 57.4 Å². The molecule has 86 valence electrons. The van der Waals surface area contributed by atoms with E-state index in [0.29, 0.717) is 0 Å². The summed E-state index contributed by atoms with van der Waals surface area (Å²) in [6, 6.07) is 5.31. The van der Waals surface area contributed by atoms with E-state index in [9.17, 15) is 19.5 Å². The zero-order chi connectivity index (χ0) is 12.7. The van der Waals surface area contributed by atoms with Gasteiger partial charge < -0.3 is 19.8 Å². The summed E-state index contributed by atoms with van der Waals surface area (Å²) in [5, 5.41) is 18.9. The molecule has 0 unspecified atom stereocenters. The third-order valence-electron chi connectivity index (χ3n) is 1.38. The predicted molar refractivity (Wildman–Crippen MR) is 54.1 cm³/mol. The molecule has 0 saturated heterocycles. The van der Waals surface area contributed by atoms with Crippen molar-refractivity contribution in [3.8, 4) is 0 Å². The van der Waals surface area contributed by atoms with Crippen LogP contribution in [0.4, 0.5) is 0 Å². The van der Waals surface area contributed by atoms with Gasteiger partial charge in [0.1, 0.15) is 5.78 Å². The summed E-state index contributed by atoms with van der Waals surface area (Å²) in [5.41, 5.74) is -0.553. The molecule has 1 aromatic rings. The van der Waals surface area contributed by atoms with E-state index in [4.69, 9.17) is 5.11 Å². The van der Waals surface area contributed by atoms with E-state index in [1.807, 2.05) is 0 Å². The fourth-order valence-electron chi connectivity index (χ4n) is 0.848. The number of carbonyl (C=O) groups excluding carboxylic acids is 2. The van der Waals surface area contributed by atoms with Gasteiger partial charge in [-0.2, -0.15) is 0 Å². The molecule has 0 spiro atoms. The maximum absolute atomic E-state index is 10.4. The smallest absolute Gasteiger partial charge is 0.545 e. The number of carboxylic acids is 2. The molecule has 0 aliphatic carbocycles. The SMILES string of the molecule is CC(C)=O.O=C([O-])c1ccccc1C(=O)O.[K+]. The molecule has 0 amide bonds. The Morgan fingerprint density at radius 3 is 1.65 bits per heavy atom. The van der Waals surface area contributed by atoms with Crippen LogP contribution in [-0.4, -0.2) is 22.8 Å². The average molecular weight is 262 g/mol. The van der Waals surface area contributed by atoms with E-state index in [1.165, 1.54) is 38.1 Å². The van der Waals surface area contributed by atoms with E-state index in [-0.39, 0.29) is 68.3 Å². The van der Waals surface area contributed by atoms with Gasteiger partial charge in [-0.1, -0.05) is 18.2 Å². The molecule has 0 saturated carbocycles. The monoisotopic (exact) mass is 262 g/mol. The number of rotatable bonds is 2. The molecule has 6 heteroatoms. The topological polar surface area (TPSA) is 94.5 Å². The number of ketones is 1. The Bertz CT molecular complexity index is 377. The Hall–Kier alpha value is -0.534. The Kier molecular flexibility index (Phi) is 10.5. The number of hydrogen-bond acceptors (Lipinski definition) is 4. The van der Waals surface area contributed by atoms with Crippen molar-refractivity contribution < 1.29 is 76.0 Å². The minimum Gasteiger partial charge on any atom is -0.545 e. The summed E-state index contributed by atoms with van der Waals surface area (Å²) in [4.78, 5) is 30.2. The van der Waals surface area contributed by atoms with E-state index < -0.39 is 11.9 Å². The fourth-order valence-corrected chi connectivity index (χ4v) is 0.848. The van der Waals surface area contributed by atoms with Crippen LogP contribution >= 0.6 is 0 Å². The molecule has 0 atom stereocenters. The van der Waals surface area contributed by atoms with E-state index in [2.05, 4.69) is 0 Å². The van der Waals surface area contributed by atoms with Crippen molar-refractivity contribution in [3.63, 3.8) is 0 Å². The van der Waals surface area contributed by atoms with Gasteiger partial charge in [-0.3, -0.25) is 0 Å². The van der Waals surface area contributed by atoms with E-state index in [1.54, 1.807) is 0 Å². The van der Waals surface area contributed by atoms with Gasteiger partial charge in [0.15, 0.2) is 0 Å². The van der Waals surface area contributed by atoms with Gasteiger partial charge in [0.05, 0.1) is 11.5 Å². The Labute approximate surface area is 141 Å². The van der Waals surface area contributed by atoms with E-state index >= 15 is 0 Å². The molecule has 0 aliphatic heterocycles. The Morgan fingerprint density at radius 1 is 1.06 bits per heavy atom.